The smallest absolute Gasteiger partial charge is 0.252 e. The predicted molar refractivity (Wildman–Crippen MR) is 83.2 cm³/mol. The molecule has 1 aliphatic heterocycles. The van der Waals surface area contributed by atoms with Gasteiger partial charge in [-0.2, -0.15) is 4.31 Å². The normalized spacial score (nSPS) is 28.1. The number of sulfonamides is 1. The van der Waals surface area contributed by atoms with E-state index in [1.54, 1.807) is 17.5 Å². The molecule has 0 spiro atoms. The molecule has 0 bridgehead atoms. The highest BCUT2D eigenvalue weighted by atomic mass is 32.2. The second-order valence-electron chi connectivity index (χ2n) is 5.56. The zero-order valence-corrected chi connectivity index (χ0v) is 13.9. The van der Waals surface area contributed by atoms with Crippen molar-refractivity contribution in [1.82, 2.24) is 9.62 Å². The Balaban J connectivity index is 1.93. The number of fused-ring (bicyclic) bond motifs is 1. The lowest BCUT2D eigenvalue weighted by atomic mass is 10.0. The van der Waals surface area contributed by atoms with E-state index in [9.17, 15) is 13.2 Å². The average molecular weight is 344 g/mol. The van der Waals surface area contributed by atoms with Crippen LogP contribution >= 0.6 is 11.3 Å². The van der Waals surface area contributed by atoms with Crippen LogP contribution in [0.25, 0.3) is 0 Å². The molecule has 0 aromatic carbocycles. The van der Waals surface area contributed by atoms with Crippen LogP contribution in [0.5, 0.6) is 0 Å². The van der Waals surface area contributed by atoms with E-state index in [1.165, 1.54) is 15.6 Å². The maximum absolute atomic E-state index is 12.9. The van der Waals surface area contributed by atoms with E-state index in [4.69, 9.17) is 4.74 Å². The van der Waals surface area contributed by atoms with E-state index in [2.05, 4.69) is 5.32 Å². The minimum absolute atomic E-state index is 0.0561. The van der Waals surface area contributed by atoms with Crippen molar-refractivity contribution in [2.75, 3.05) is 26.3 Å². The SMILES string of the molecule is O=C1NCCOCCN(S(=O)(=O)c2cccs2)C2CCCC12. The summed E-state index contributed by atoms with van der Waals surface area (Å²) < 4.78 is 33.1. The van der Waals surface area contributed by atoms with Crippen molar-refractivity contribution >= 4 is 27.3 Å². The van der Waals surface area contributed by atoms with Gasteiger partial charge in [-0.05, 0) is 24.3 Å². The molecule has 6 nitrogen and oxygen atoms in total. The Morgan fingerprint density at radius 3 is 2.95 bits per heavy atom. The summed E-state index contributed by atoms with van der Waals surface area (Å²) in [5.74, 6) is -0.313. The molecule has 2 fully saturated rings. The summed E-state index contributed by atoms with van der Waals surface area (Å²) in [4.78, 5) is 12.3. The lowest BCUT2D eigenvalue weighted by Gasteiger charge is -2.32. The van der Waals surface area contributed by atoms with Gasteiger partial charge in [-0.3, -0.25) is 4.79 Å². The maximum atomic E-state index is 12.9. The fourth-order valence-corrected chi connectivity index (χ4v) is 6.01. The molecule has 2 unspecified atom stereocenters. The molecule has 2 atom stereocenters. The topological polar surface area (TPSA) is 75.7 Å². The van der Waals surface area contributed by atoms with Crippen LogP contribution in [0.3, 0.4) is 0 Å². The zero-order chi connectivity index (χ0) is 15.6. The van der Waals surface area contributed by atoms with Gasteiger partial charge in [0.15, 0.2) is 0 Å². The van der Waals surface area contributed by atoms with Crippen molar-refractivity contribution in [2.24, 2.45) is 5.92 Å². The highest BCUT2D eigenvalue weighted by molar-refractivity contribution is 7.91. The van der Waals surface area contributed by atoms with Gasteiger partial charge in [0.05, 0.1) is 19.1 Å². The van der Waals surface area contributed by atoms with Crippen LogP contribution in [0.15, 0.2) is 21.7 Å². The van der Waals surface area contributed by atoms with Crippen molar-refractivity contribution in [3.63, 3.8) is 0 Å². The third-order valence-electron chi connectivity index (χ3n) is 4.25. The summed E-state index contributed by atoms with van der Waals surface area (Å²) >= 11 is 1.21. The number of carbonyl (C=O) groups is 1. The molecule has 2 heterocycles. The van der Waals surface area contributed by atoms with Gasteiger partial charge in [0, 0.05) is 19.1 Å². The van der Waals surface area contributed by atoms with Crippen molar-refractivity contribution in [1.29, 1.82) is 0 Å². The summed E-state index contributed by atoms with van der Waals surface area (Å²) in [5.41, 5.74) is 0. The summed E-state index contributed by atoms with van der Waals surface area (Å²) in [5, 5.41) is 4.60. The van der Waals surface area contributed by atoms with Gasteiger partial charge in [0.1, 0.15) is 4.21 Å². The first-order valence-corrected chi connectivity index (χ1v) is 9.83. The number of carbonyl (C=O) groups excluding carboxylic acids is 1. The predicted octanol–water partition coefficient (Wildman–Crippen LogP) is 1.05. The van der Waals surface area contributed by atoms with Gasteiger partial charge in [-0.25, -0.2) is 8.42 Å². The van der Waals surface area contributed by atoms with Gasteiger partial charge < -0.3 is 10.1 Å². The first-order valence-electron chi connectivity index (χ1n) is 7.51. The molecule has 122 valence electrons. The lowest BCUT2D eigenvalue weighted by Crippen LogP contribution is -2.49. The standard InChI is InChI=1S/C14H20N2O4S2/c17-14-11-3-1-4-12(11)16(7-9-20-8-6-15-14)22(18,19)13-5-2-10-21-13/h2,5,10-12H,1,3-4,6-9H2,(H,15,17). The van der Waals surface area contributed by atoms with Crippen LogP contribution in [0, 0.1) is 5.92 Å². The number of amides is 1. The maximum Gasteiger partial charge on any atom is 0.252 e. The molecule has 3 rings (SSSR count). The Labute approximate surface area is 134 Å². The van der Waals surface area contributed by atoms with Gasteiger partial charge in [-0.1, -0.05) is 12.5 Å². The second-order valence-corrected chi connectivity index (χ2v) is 8.62. The number of ether oxygens (including phenoxy) is 1. The van der Waals surface area contributed by atoms with Gasteiger partial charge in [-0.15, -0.1) is 11.3 Å². The van der Waals surface area contributed by atoms with Gasteiger partial charge in [0.25, 0.3) is 10.0 Å². The summed E-state index contributed by atoms with van der Waals surface area (Å²) in [6, 6.07) is 3.08. The van der Waals surface area contributed by atoms with E-state index in [0.29, 0.717) is 30.5 Å². The van der Waals surface area contributed by atoms with E-state index in [-0.39, 0.29) is 17.9 Å². The van der Waals surface area contributed by atoms with E-state index in [1.807, 2.05) is 0 Å². The Morgan fingerprint density at radius 1 is 1.32 bits per heavy atom. The van der Waals surface area contributed by atoms with Crippen LogP contribution in [0.1, 0.15) is 19.3 Å². The fourth-order valence-electron chi connectivity index (χ4n) is 3.22. The zero-order valence-electron chi connectivity index (χ0n) is 12.2. The highest BCUT2D eigenvalue weighted by Gasteiger charge is 2.42. The van der Waals surface area contributed by atoms with Crippen LogP contribution in [0.4, 0.5) is 0 Å². The monoisotopic (exact) mass is 344 g/mol. The molecule has 1 aromatic heterocycles. The number of nitrogens with one attached hydrogen (secondary N) is 1. The lowest BCUT2D eigenvalue weighted by molar-refractivity contribution is -0.126. The van der Waals surface area contributed by atoms with Crippen LogP contribution in [0.2, 0.25) is 0 Å². The summed E-state index contributed by atoms with van der Waals surface area (Å²) in [6.45, 7) is 1.55. The number of hydrogen-bond acceptors (Lipinski definition) is 5. The van der Waals surface area contributed by atoms with Gasteiger partial charge in [0.2, 0.25) is 5.91 Å². The Hall–Kier alpha value is -0.960. The quantitative estimate of drug-likeness (QED) is 0.870. The van der Waals surface area contributed by atoms with Crippen molar-refractivity contribution in [3.8, 4) is 0 Å². The molecular formula is C14H20N2O4S2. The van der Waals surface area contributed by atoms with E-state index in [0.717, 1.165) is 19.3 Å². The molecule has 8 heteroatoms. The fraction of sp³-hybridized carbons (Fsp3) is 0.643. The minimum Gasteiger partial charge on any atom is -0.378 e. The molecule has 1 amide bonds. The van der Waals surface area contributed by atoms with Crippen molar-refractivity contribution < 1.29 is 17.9 Å². The van der Waals surface area contributed by atoms with E-state index >= 15 is 0 Å². The molecule has 1 saturated carbocycles. The summed E-state index contributed by atoms with van der Waals surface area (Å²) in [7, 11) is -3.57. The second kappa shape index (κ2) is 6.66. The number of rotatable bonds is 2. The molecule has 2 aliphatic rings. The van der Waals surface area contributed by atoms with Crippen LogP contribution < -0.4 is 5.32 Å². The first-order chi connectivity index (χ1) is 10.6. The molecule has 0 radical (unpaired) electrons. The van der Waals surface area contributed by atoms with Gasteiger partial charge >= 0.3 is 0 Å². The Morgan fingerprint density at radius 2 is 2.18 bits per heavy atom. The third-order valence-corrected chi connectivity index (χ3v) is 7.54. The molecule has 1 aliphatic carbocycles. The number of thiophene rings is 1. The molecular weight excluding hydrogens is 324 g/mol. The van der Waals surface area contributed by atoms with Crippen molar-refractivity contribution in [2.45, 2.75) is 29.5 Å². The first kappa shape index (κ1) is 15.9. The minimum atomic E-state index is -3.57. The average Bonchev–Trinajstić information content (AvgIpc) is 3.17. The Bertz CT molecular complexity index is 615. The molecule has 22 heavy (non-hydrogen) atoms. The largest absolute Gasteiger partial charge is 0.378 e. The Kier molecular flexibility index (Phi) is 4.82. The summed E-state index contributed by atoms with van der Waals surface area (Å²) in [6.07, 6.45) is 2.34. The molecule has 1 aromatic rings. The van der Waals surface area contributed by atoms with Crippen LogP contribution in [-0.4, -0.2) is 51.0 Å². The third kappa shape index (κ3) is 3.05. The van der Waals surface area contributed by atoms with E-state index < -0.39 is 10.0 Å². The van der Waals surface area contributed by atoms with Crippen molar-refractivity contribution in [3.05, 3.63) is 17.5 Å². The molecule has 1 saturated heterocycles. The number of nitrogens with zero attached hydrogens (tertiary/aromatic N) is 1. The number of hydrogen-bond donors (Lipinski definition) is 1. The van der Waals surface area contributed by atoms with Crippen LogP contribution in [-0.2, 0) is 19.6 Å². The highest BCUT2D eigenvalue weighted by Crippen LogP contribution is 2.34. The molecule has 1 N–H and O–H groups in total.